The Kier molecular flexibility index (Phi) is 5.51. The zero-order chi connectivity index (χ0) is 16.8. The lowest BCUT2D eigenvalue weighted by molar-refractivity contribution is -0.125. The lowest BCUT2D eigenvalue weighted by Gasteiger charge is -2.17. The molecule has 2 rings (SSSR count). The van der Waals surface area contributed by atoms with Crippen molar-refractivity contribution < 1.29 is 18.8 Å². The van der Waals surface area contributed by atoms with Crippen LogP contribution in [0.15, 0.2) is 34.9 Å². The molecule has 1 aromatic heterocycles. The van der Waals surface area contributed by atoms with Crippen LogP contribution in [0.4, 0.5) is 0 Å². The third-order valence-corrected chi connectivity index (χ3v) is 3.39. The largest absolute Gasteiger partial charge is 0.450 e. The number of ether oxygens (including phenoxy) is 1. The SMILES string of the molecule is CC[C@H](NC(=O)COC(=O)c1cc(C)no1)c1ccc(C)cc1. The fourth-order valence-corrected chi connectivity index (χ4v) is 2.12. The Morgan fingerprint density at radius 2 is 1.96 bits per heavy atom. The average molecular weight is 316 g/mol. The Labute approximate surface area is 134 Å². The molecule has 122 valence electrons. The zero-order valence-corrected chi connectivity index (χ0v) is 13.5. The number of carbonyl (C=O) groups excluding carboxylic acids is 2. The highest BCUT2D eigenvalue weighted by molar-refractivity contribution is 5.88. The Bertz CT molecular complexity index is 676. The van der Waals surface area contributed by atoms with E-state index in [4.69, 9.17) is 9.26 Å². The molecule has 2 aromatic rings. The van der Waals surface area contributed by atoms with E-state index >= 15 is 0 Å². The van der Waals surface area contributed by atoms with Crippen molar-refractivity contribution >= 4 is 11.9 Å². The molecule has 0 fully saturated rings. The maximum Gasteiger partial charge on any atom is 0.377 e. The summed E-state index contributed by atoms with van der Waals surface area (Å²) in [5.74, 6) is -1.08. The maximum atomic E-state index is 12.0. The molecule has 1 aromatic carbocycles. The summed E-state index contributed by atoms with van der Waals surface area (Å²) in [5.41, 5.74) is 2.75. The molecule has 0 aliphatic carbocycles. The molecule has 1 amide bonds. The van der Waals surface area contributed by atoms with Crippen LogP contribution >= 0.6 is 0 Å². The van der Waals surface area contributed by atoms with Crippen molar-refractivity contribution in [2.75, 3.05) is 6.61 Å². The summed E-state index contributed by atoms with van der Waals surface area (Å²) >= 11 is 0. The number of hydrogen-bond acceptors (Lipinski definition) is 5. The average Bonchev–Trinajstić information content (AvgIpc) is 2.98. The van der Waals surface area contributed by atoms with Gasteiger partial charge in [0.2, 0.25) is 5.76 Å². The van der Waals surface area contributed by atoms with E-state index < -0.39 is 5.97 Å². The van der Waals surface area contributed by atoms with Gasteiger partial charge in [0.1, 0.15) is 0 Å². The van der Waals surface area contributed by atoms with Crippen molar-refractivity contribution in [3.8, 4) is 0 Å². The van der Waals surface area contributed by atoms with Crippen molar-refractivity contribution in [3.63, 3.8) is 0 Å². The van der Waals surface area contributed by atoms with Crippen LogP contribution in [0, 0.1) is 13.8 Å². The number of aryl methyl sites for hydroxylation is 2. The van der Waals surface area contributed by atoms with Gasteiger partial charge in [0.25, 0.3) is 5.91 Å². The first kappa shape index (κ1) is 16.7. The Morgan fingerprint density at radius 1 is 1.26 bits per heavy atom. The molecule has 0 spiro atoms. The molecule has 0 bridgehead atoms. The Hall–Kier alpha value is -2.63. The normalized spacial score (nSPS) is 11.8. The van der Waals surface area contributed by atoms with E-state index in [0.717, 1.165) is 17.5 Å². The maximum absolute atomic E-state index is 12.0. The van der Waals surface area contributed by atoms with Gasteiger partial charge in [-0.1, -0.05) is 41.9 Å². The highest BCUT2D eigenvalue weighted by Gasteiger charge is 2.17. The van der Waals surface area contributed by atoms with Gasteiger partial charge >= 0.3 is 5.97 Å². The highest BCUT2D eigenvalue weighted by Crippen LogP contribution is 2.17. The number of nitrogens with zero attached hydrogens (tertiary/aromatic N) is 1. The predicted octanol–water partition coefficient (Wildman–Crippen LogP) is 2.72. The first-order chi connectivity index (χ1) is 11.0. The summed E-state index contributed by atoms with van der Waals surface area (Å²) in [5, 5.41) is 6.45. The van der Waals surface area contributed by atoms with E-state index in [1.807, 2.05) is 38.1 Å². The van der Waals surface area contributed by atoms with Gasteiger partial charge in [-0.25, -0.2) is 4.79 Å². The third-order valence-electron chi connectivity index (χ3n) is 3.39. The fourth-order valence-electron chi connectivity index (χ4n) is 2.12. The van der Waals surface area contributed by atoms with Gasteiger partial charge in [-0.2, -0.15) is 0 Å². The zero-order valence-electron chi connectivity index (χ0n) is 13.5. The molecule has 0 unspecified atom stereocenters. The van der Waals surface area contributed by atoms with Crippen LogP contribution in [0.2, 0.25) is 0 Å². The summed E-state index contributed by atoms with van der Waals surface area (Å²) in [4.78, 5) is 23.6. The van der Waals surface area contributed by atoms with Crippen molar-refractivity contribution in [2.24, 2.45) is 0 Å². The molecule has 0 saturated heterocycles. The van der Waals surface area contributed by atoms with E-state index in [1.165, 1.54) is 6.07 Å². The standard InChI is InChI=1S/C17H20N2O4/c1-4-14(13-7-5-11(2)6-8-13)18-16(20)10-22-17(21)15-9-12(3)19-23-15/h5-9,14H,4,10H2,1-3H3,(H,18,20)/t14-/m0/s1. The number of esters is 1. The molecule has 0 saturated carbocycles. The summed E-state index contributed by atoms with van der Waals surface area (Å²) in [6, 6.07) is 9.29. The second-order valence-corrected chi connectivity index (χ2v) is 5.35. The van der Waals surface area contributed by atoms with Crippen LogP contribution in [0.25, 0.3) is 0 Å². The van der Waals surface area contributed by atoms with Gasteiger partial charge in [-0.05, 0) is 25.8 Å². The first-order valence-electron chi connectivity index (χ1n) is 7.46. The number of carbonyl (C=O) groups is 2. The molecule has 6 nitrogen and oxygen atoms in total. The second kappa shape index (κ2) is 7.58. The lowest BCUT2D eigenvalue weighted by Crippen LogP contribution is -2.32. The number of nitrogens with one attached hydrogen (secondary N) is 1. The molecule has 0 aliphatic rings. The number of aromatic nitrogens is 1. The Morgan fingerprint density at radius 3 is 2.52 bits per heavy atom. The lowest BCUT2D eigenvalue weighted by atomic mass is 10.0. The monoisotopic (exact) mass is 316 g/mol. The van der Waals surface area contributed by atoms with Gasteiger partial charge in [0.05, 0.1) is 11.7 Å². The van der Waals surface area contributed by atoms with E-state index in [-0.39, 0.29) is 24.3 Å². The molecule has 1 heterocycles. The van der Waals surface area contributed by atoms with Crippen molar-refractivity contribution in [3.05, 3.63) is 52.9 Å². The molecule has 1 N–H and O–H groups in total. The van der Waals surface area contributed by atoms with E-state index in [9.17, 15) is 9.59 Å². The number of benzene rings is 1. The van der Waals surface area contributed by atoms with Crippen molar-refractivity contribution in [1.29, 1.82) is 0 Å². The van der Waals surface area contributed by atoms with Gasteiger partial charge in [0.15, 0.2) is 6.61 Å². The minimum Gasteiger partial charge on any atom is -0.450 e. The predicted molar refractivity (Wildman–Crippen MR) is 83.9 cm³/mol. The van der Waals surface area contributed by atoms with Crippen molar-refractivity contribution in [1.82, 2.24) is 10.5 Å². The fraction of sp³-hybridized carbons (Fsp3) is 0.353. The summed E-state index contributed by atoms with van der Waals surface area (Å²) in [6.07, 6.45) is 0.740. The van der Waals surface area contributed by atoms with Crippen LogP contribution in [0.1, 0.15) is 46.8 Å². The number of rotatable bonds is 6. The number of amides is 1. The second-order valence-electron chi connectivity index (χ2n) is 5.35. The van der Waals surface area contributed by atoms with Crippen LogP contribution in [0.3, 0.4) is 0 Å². The molecule has 6 heteroatoms. The summed E-state index contributed by atoms with van der Waals surface area (Å²) < 4.78 is 9.70. The summed E-state index contributed by atoms with van der Waals surface area (Å²) in [6.45, 7) is 5.32. The Balaban J connectivity index is 1.87. The molecule has 23 heavy (non-hydrogen) atoms. The van der Waals surface area contributed by atoms with Crippen LogP contribution in [0.5, 0.6) is 0 Å². The van der Waals surface area contributed by atoms with Crippen molar-refractivity contribution in [2.45, 2.75) is 33.2 Å². The van der Waals surface area contributed by atoms with E-state index in [1.54, 1.807) is 6.92 Å². The smallest absolute Gasteiger partial charge is 0.377 e. The minimum absolute atomic E-state index is 0.0131. The first-order valence-corrected chi connectivity index (χ1v) is 7.46. The molecular formula is C17H20N2O4. The molecule has 1 atom stereocenters. The minimum atomic E-state index is -0.705. The van der Waals surface area contributed by atoms with E-state index in [0.29, 0.717) is 5.69 Å². The van der Waals surface area contributed by atoms with Gasteiger partial charge < -0.3 is 14.6 Å². The summed E-state index contributed by atoms with van der Waals surface area (Å²) in [7, 11) is 0. The molecular weight excluding hydrogens is 296 g/mol. The van der Waals surface area contributed by atoms with Gasteiger partial charge in [0, 0.05) is 6.07 Å². The quantitative estimate of drug-likeness (QED) is 0.829. The number of hydrogen-bond donors (Lipinski definition) is 1. The highest BCUT2D eigenvalue weighted by atomic mass is 16.6. The van der Waals surface area contributed by atoms with Gasteiger partial charge in [-0.15, -0.1) is 0 Å². The van der Waals surface area contributed by atoms with Crippen LogP contribution < -0.4 is 5.32 Å². The van der Waals surface area contributed by atoms with Gasteiger partial charge in [-0.3, -0.25) is 4.79 Å². The van der Waals surface area contributed by atoms with Crippen LogP contribution in [-0.4, -0.2) is 23.6 Å². The molecule has 0 aliphatic heterocycles. The van der Waals surface area contributed by atoms with Crippen LogP contribution in [-0.2, 0) is 9.53 Å². The third kappa shape index (κ3) is 4.67. The van der Waals surface area contributed by atoms with E-state index in [2.05, 4.69) is 10.5 Å². The topological polar surface area (TPSA) is 81.4 Å². The molecule has 0 radical (unpaired) electrons.